The molecule has 0 heterocycles. The number of aryl methyl sites for hydroxylation is 2. The maximum Gasteiger partial charge on any atom is 0.519 e. The van der Waals surface area contributed by atoms with Crippen molar-refractivity contribution >= 4 is 12.1 Å². The molecule has 0 saturated heterocycles. The van der Waals surface area contributed by atoms with Gasteiger partial charge >= 0.3 is 12.1 Å². The number of hydrogen-bond donors (Lipinski definition) is 0. The highest BCUT2D eigenvalue weighted by Crippen LogP contribution is 2.56. The molecule has 0 atom stereocenters. The Labute approximate surface area is 374 Å². The molecule has 8 aromatic carbocycles. The van der Waals surface area contributed by atoms with Crippen LogP contribution in [0.4, 0.5) is 4.79 Å². The predicted molar refractivity (Wildman–Crippen MR) is 254 cm³/mol. The Morgan fingerprint density at radius 3 is 1.30 bits per heavy atom. The number of carbonyl (C=O) groups excluding carboxylic acids is 2. The molecular formula is C58H48O6. The van der Waals surface area contributed by atoms with Crippen molar-refractivity contribution in [3.05, 3.63) is 226 Å². The van der Waals surface area contributed by atoms with Crippen LogP contribution in [0.1, 0.15) is 65.3 Å². The van der Waals surface area contributed by atoms with Crippen molar-refractivity contribution in [2.45, 2.75) is 45.4 Å². The van der Waals surface area contributed by atoms with E-state index >= 15 is 0 Å². The van der Waals surface area contributed by atoms with E-state index in [9.17, 15) is 9.59 Å². The molecule has 1 aliphatic carbocycles. The first-order chi connectivity index (χ1) is 30.9. The number of rotatable bonds is 10. The van der Waals surface area contributed by atoms with E-state index in [2.05, 4.69) is 123 Å². The van der Waals surface area contributed by atoms with E-state index in [4.69, 9.17) is 18.9 Å². The monoisotopic (exact) mass is 840 g/mol. The molecule has 0 fully saturated rings. The maximum absolute atomic E-state index is 13.1. The van der Waals surface area contributed by atoms with Crippen molar-refractivity contribution in [3.63, 3.8) is 0 Å². The number of benzene rings is 8. The highest BCUT2D eigenvalue weighted by molar-refractivity contribution is 5.87. The van der Waals surface area contributed by atoms with E-state index in [0.29, 0.717) is 17.2 Å². The zero-order valence-corrected chi connectivity index (χ0v) is 36.8. The van der Waals surface area contributed by atoms with Gasteiger partial charge in [0.1, 0.15) is 23.0 Å². The zero-order chi connectivity index (χ0) is 44.6. The van der Waals surface area contributed by atoms with E-state index in [1.807, 2.05) is 68.4 Å². The summed E-state index contributed by atoms with van der Waals surface area (Å²) in [6, 6.07) is 62.5. The maximum atomic E-state index is 13.1. The second kappa shape index (κ2) is 16.9. The van der Waals surface area contributed by atoms with Gasteiger partial charge in [0.2, 0.25) is 0 Å². The fourth-order valence-electron chi connectivity index (χ4n) is 9.18. The van der Waals surface area contributed by atoms with Crippen molar-refractivity contribution in [1.82, 2.24) is 0 Å². The Bertz CT molecular complexity index is 2970. The second-order valence-electron chi connectivity index (χ2n) is 16.9. The van der Waals surface area contributed by atoms with Crippen LogP contribution in [0.3, 0.4) is 0 Å². The zero-order valence-electron chi connectivity index (χ0n) is 36.8. The molecule has 316 valence electrons. The number of esters is 1. The molecule has 9 rings (SSSR count). The summed E-state index contributed by atoms with van der Waals surface area (Å²) >= 11 is 0. The minimum absolute atomic E-state index is 0.352. The van der Waals surface area contributed by atoms with Gasteiger partial charge in [-0.05, 0) is 128 Å². The molecule has 0 radical (unpaired) electrons. The Kier molecular flexibility index (Phi) is 11.0. The van der Waals surface area contributed by atoms with Crippen LogP contribution in [-0.2, 0) is 15.6 Å². The molecule has 0 amide bonds. The number of ether oxygens (including phenoxy) is 4. The van der Waals surface area contributed by atoms with Gasteiger partial charge in [0, 0.05) is 12.3 Å². The molecule has 64 heavy (non-hydrogen) atoms. The predicted octanol–water partition coefficient (Wildman–Crippen LogP) is 13.8. The quantitative estimate of drug-likeness (QED) is 0.0776. The van der Waals surface area contributed by atoms with Crippen molar-refractivity contribution < 1.29 is 28.5 Å². The lowest BCUT2D eigenvalue weighted by molar-refractivity contribution is -0.131. The van der Waals surface area contributed by atoms with Gasteiger partial charge in [-0.1, -0.05) is 159 Å². The second-order valence-corrected chi connectivity index (χ2v) is 16.9. The van der Waals surface area contributed by atoms with Gasteiger partial charge in [0.25, 0.3) is 0 Å². The summed E-state index contributed by atoms with van der Waals surface area (Å²) in [7, 11) is 1.68. The molecule has 1 aliphatic rings. The van der Waals surface area contributed by atoms with Crippen LogP contribution in [0.25, 0.3) is 33.4 Å². The van der Waals surface area contributed by atoms with Crippen molar-refractivity contribution in [3.8, 4) is 56.4 Å². The van der Waals surface area contributed by atoms with Gasteiger partial charge in [-0.2, -0.15) is 0 Å². The van der Waals surface area contributed by atoms with Crippen molar-refractivity contribution in [2.24, 2.45) is 0 Å². The summed E-state index contributed by atoms with van der Waals surface area (Å²) in [6.07, 6.45) is -0.816. The molecule has 0 spiro atoms. The first kappa shape index (κ1) is 41.6. The van der Waals surface area contributed by atoms with Gasteiger partial charge in [-0.15, -0.1) is 0 Å². The molecule has 0 bridgehead atoms. The Morgan fingerprint density at radius 2 is 0.875 bits per heavy atom. The normalized spacial score (nSPS) is 12.5. The molecule has 8 aromatic rings. The summed E-state index contributed by atoms with van der Waals surface area (Å²) in [5.74, 6) is 1.82. The number of methoxy groups -OCH3 is 1. The molecule has 0 saturated carbocycles. The summed E-state index contributed by atoms with van der Waals surface area (Å²) in [5, 5.41) is 0. The van der Waals surface area contributed by atoms with Crippen LogP contribution in [0.15, 0.2) is 182 Å². The Hall–Kier alpha value is -7.70. The van der Waals surface area contributed by atoms with Crippen LogP contribution >= 0.6 is 0 Å². The van der Waals surface area contributed by atoms with E-state index in [1.54, 1.807) is 25.3 Å². The third-order valence-electron chi connectivity index (χ3n) is 12.6. The van der Waals surface area contributed by atoms with Crippen LogP contribution in [0, 0.1) is 13.8 Å². The number of fused-ring (bicyclic) bond motifs is 3. The summed E-state index contributed by atoms with van der Waals surface area (Å²) < 4.78 is 22.1. The Balaban J connectivity index is 0.933. The van der Waals surface area contributed by atoms with Crippen LogP contribution in [-0.4, -0.2) is 19.2 Å². The fraction of sp³-hybridized carbons (Fsp3) is 0.138. The van der Waals surface area contributed by atoms with E-state index in [1.165, 1.54) is 40.3 Å². The third-order valence-corrected chi connectivity index (χ3v) is 12.6. The molecule has 0 aromatic heterocycles. The first-order valence-corrected chi connectivity index (χ1v) is 21.4. The lowest BCUT2D eigenvalue weighted by atomic mass is 9.67. The standard InChI is InChI=1S/C58H48O6/c1-37-35-46(27-33-54(37)62-39(3)59)57(4,5)47-28-34-55(38(2)36-47)64-56(60)63-49-31-21-43(22-32-49)41-17-25-45(26-18-41)58(52-13-9-7-11-50(52)51-12-8-10-14-53(51)58)44-23-15-40(16-24-44)42-19-29-48(61-6)30-20-42/h7-36H,1-6H3. The number of carbonyl (C=O) groups is 2. The van der Waals surface area contributed by atoms with Gasteiger partial charge < -0.3 is 18.9 Å². The lowest BCUT2D eigenvalue weighted by Gasteiger charge is -2.34. The van der Waals surface area contributed by atoms with Crippen molar-refractivity contribution in [2.75, 3.05) is 7.11 Å². The Morgan fingerprint density at radius 1 is 0.469 bits per heavy atom. The lowest BCUT2D eigenvalue weighted by Crippen LogP contribution is -2.28. The molecule has 0 N–H and O–H groups in total. The van der Waals surface area contributed by atoms with Crippen LogP contribution < -0.4 is 18.9 Å². The van der Waals surface area contributed by atoms with Gasteiger partial charge in [-0.3, -0.25) is 4.79 Å². The minimum atomic E-state index is -0.816. The minimum Gasteiger partial charge on any atom is -0.497 e. The third kappa shape index (κ3) is 7.62. The average Bonchev–Trinajstić information content (AvgIpc) is 3.61. The van der Waals surface area contributed by atoms with Gasteiger partial charge in [-0.25, -0.2) is 4.79 Å². The van der Waals surface area contributed by atoms with Crippen LogP contribution in [0.5, 0.6) is 23.0 Å². The molecule has 6 heteroatoms. The highest BCUT2D eigenvalue weighted by atomic mass is 16.7. The van der Waals surface area contributed by atoms with Crippen LogP contribution in [0.2, 0.25) is 0 Å². The van der Waals surface area contributed by atoms with E-state index in [-0.39, 0.29) is 11.4 Å². The summed E-state index contributed by atoms with van der Waals surface area (Å²) in [6.45, 7) is 9.48. The molecular weight excluding hydrogens is 793 g/mol. The highest BCUT2D eigenvalue weighted by Gasteiger charge is 2.45. The van der Waals surface area contributed by atoms with Gasteiger partial charge in [0.15, 0.2) is 0 Å². The molecule has 0 unspecified atom stereocenters. The van der Waals surface area contributed by atoms with E-state index < -0.39 is 11.6 Å². The largest absolute Gasteiger partial charge is 0.519 e. The molecule has 0 aliphatic heterocycles. The van der Waals surface area contributed by atoms with E-state index in [0.717, 1.165) is 50.3 Å². The summed E-state index contributed by atoms with van der Waals surface area (Å²) in [4.78, 5) is 24.6. The first-order valence-electron chi connectivity index (χ1n) is 21.4. The SMILES string of the molecule is COc1ccc(-c2ccc(C3(c4ccc(-c5ccc(OC(=O)Oc6ccc(C(C)(C)c7ccc(OC(C)=O)c(C)c7)cc6C)cc5)cc4)c4ccccc4-c4ccccc43)cc2)cc1. The summed E-state index contributed by atoms with van der Waals surface area (Å²) in [5.41, 5.74) is 14.5. The number of hydrogen-bond acceptors (Lipinski definition) is 6. The smallest absolute Gasteiger partial charge is 0.497 e. The average molecular weight is 841 g/mol. The fourth-order valence-corrected chi connectivity index (χ4v) is 9.18. The van der Waals surface area contributed by atoms with Crippen molar-refractivity contribution in [1.29, 1.82) is 0 Å². The topological polar surface area (TPSA) is 71.1 Å². The molecule has 6 nitrogen and oxygen atoms in total. The van der Waals surface area contributed by atoms with Gasteiger partial charge in [0.05, 0.1) is 12.5 Å².